The predicted octanol–water partition coefficient (Wildman–Crippen LogP) is 4.50. The fraction of sp³-hybridized carbons (Fsp3) is 0.0500. The van der Waals surface area contributed by atoms with Gasteiger partial charge >= 0.3 is 0 Å². The van der Waals surface area contributed by atoms with E-state index in [0.717, 1.165) is 28.5 Å². The largest absolute Gasteiger partial charge is 0.333 e. The van der Waals surface area contributed by atoms with E-state index >= 15 is 0 Å². The number of benzene rings is 2. The second kappa shape index (κ2) is 7.76. The number of thiazole rings is 1. The van der Waals surface area contributed by atoms with Crippen molar-refractivity contribution in [1.82, 2.24) is 14.5 Å². The van der Waals surface area contributed by atoms with Crippen molar-refractivity contribution in [3.05, 3.63) is 89.8 Å². The molecule has 0 fully saturated rings. The summed E-state index contributed by atoms with van der Waals surface area (Å²) in [4.78, 5) is 8.63. The Morgan fingerprint density at radius 3 is 2.88 bits per heavy atom. The first-order valence-corrected chi connectivity index (χ1v) is 9.09. The van der Waals surface area contributed by atoms with Gasteiger partial charge in [0.1, 0.15) is 0 Å². The van der Waals surface area contributed by atoms with Crippen LogP contribution >= 0.6 is 11.3 Å². The van der Waals surface area contributed by atoms with Crippen LogP contribution in [0.1, 0.15) is 11.1 Å². The fourth-order valence-corrected chi connectivity index (χ4v) is 3.26. The van der Waals surface area contributed by atoms with Gasteiger partial charge in [-0.3, -0.25) is 5.43 Å². The molecule has 1 N–H and O–H groups in total. The van der Waals surface area contributed by atoms with Gasteiger partial charge in [-0.1, -0.05) is 48.5 Å². The van der Waals surface area contributed by atoms with E-state index in [0.29, 0.717) is 0 Å². The zero-order valence-electron chi connectivity index (χ0n) is 14.0. The lowest BCUT2D eigenvalue weighted by molar-refractivity contribution is 0.797. The number of hydrogen-bond acceptors (Lipinski definition) is 5. The van der Waals surface area contributed by atoms with Crippen LogP contribution in [0.25, 0.3) is 11.3 Å². The minimum Gasteiger partial charge on any atom is -0.333 e. The summed E-state index contributed by atoms with van der Waals surface area (Å²) >= 11 is 1.54. The molecular formula is C20H17N5S. The van der Waals surface area contributed by atoms with Crippen LogP contribution in [0.15, 0.2) is 83.8 Å². The molecule has 0 aliphatic carbocycles. The molecule has 128 valence electrons. The Labute approximate surface area is 155 Å². The van der Waals surface area contributed by atoms with Crippen LogP contribution in [0, 0.1) is 0 Å². The van der Waals surface area contributed by atoms with Crippen LogP contribution in [0.4, 0.5) is 5.13 Å². The van der Waals surface area contributed by atoms with Crippen LogP contribution < -0.4 is 5.43 Å². The Morgan fingerprint density at radius 1 is 1.12 bits per heavy atom. The number of hydrazone groups is 1. The van der Waals surface area contributed by atoms with Crippen molar-refractivity contribution >= 4 is 22.7 Å². The second-order valence-electron chi connectivity index (χ2n) is 5.75. The summed E-state index contributed by atoms with van der Waals surface area (Å²) in [5, 5.41) is 7.11. The molecule has 0 amide bonds. The molecule has 6 heteroatoms. The molecule has 0 unspecified atom stereocenters. The van der Waals surface area contributed by atoms with Crippen LogP contribution in [0.3, 0.4) is 0 Å². The summed E-state index contributed by atoms with van der Waals surface area (Å²) in [5.41, 5.74) is 7.31. The summed E-state index contributed by atoms with van der Waals surface area (Å²) < 4.78 is 2.04. The molecule has 2 heterocycles. The third kappa shape index (κ3) is 4.04. The quantitative estimate of drug-likeness (QED) is 0.407. The molecule has 5 nitrogen and oxygen atoms in total. The lowest BCUT2D eigenvalue weighted by Gasteiger charge is -2.03. The topological polar surface area (TPSA) is 55.1 Å². The van der Waals surface area contributed by atoms with Crippen molar-refractivity contribution < 1.29 is 0 Å². The van der Waals surface area contributed by atoms with Crippen molar-refractivity contribution in [1.29, 1.82) is 0 Å². The van der Waals surface area contributed by atoms with Gasteiger partial charge < -0.3 is 4.57 Å². The molecular weight excluding hydrogens is 342 g/mol. The number of anilines is 1. The van der Waals surface area contributed by atoms with Crippen molar-refractivity contribution in [2.24, 2.45) is 5.10 Å². The van der Waals surface area contributed by atoms with Crippen LogP contribution in [0.2, 0.25) is 0 Å². The molecule has 0 saturated carbocycles. The first kappa shape index (κ1) is 16.2. The molecule has 2 aromatic carbocycles. The van der Waals surface area contributed by atoms with E-state index < -0.39 is 0 Å². The maximum atomic E-state index is 4.56. The van der Waals surface area contributed by atoms with Gasteiger partial charge in [0, 0.05) is 29.9 Å². The summed E-state index contributed by atoms with van der Waals surface area (Å²) in [6, 6.07) is 18.4. The monoisotopic (exact) mass is 359 g/mol. The minimum absolute atomic E-state index is 0.773. The number of aromatic nitrogens is 3. The van der Waals surface area contributed by atoms with Crippen molar-refractivity contribution in [3.63, 3.8) is 0 Å². The normalized spacial score (nSPS) is 11.1. The fourth-order valence-electron chi connectivity index (χ4n) is 2.59. The summed E-state index contributed by atoms with van der Waals surface area (Å²) in [7, 11) is 0. The van der Waals surface area contributed by atoms with E-state index in [4.69, 9.17) is 0 Å². The van der Waals surface area contributed by atoms with Crippen LogP contribution in [-0.4, -0.2) is 20.7 Å². The third-order valence-corrected chi connectivity index (χ3v) is 4.57. The van der Waals surface area contributed by atoms with Gasteiger partial charge in [-0.2, -0.15) is 5.10 Å². The number of rotatable bonds is 6. The average molecular weight is 359 g/mol. The molecule has 0 bridgehead atoms. The third-order valence-electron chi connectivity index (χ3n) is 3.82. The Hall–Kier alpha value is -3.25. The Balaban J connectivity index is 1.40. The van der Waals surface area contributed by atoms with Crippen molar-refractivity contribution in [3.8, 4) is 11.3 Å². The maximum absolute atomic E-state index is 4.56. The first-order valence-electron chi connectivity index (χ1n) is 8.21. The van der Waals surface area contributed by atoms with E-state index in [1.54, 1.807) is 12.4 Å². The molecule has 0 atom stereocenters. The van der Waals surface area contributed by atoms with Gasteiger partial charge in [0.2, 0.25) is 5.13 Å². The zero-order chi connectivity index (χ0) is 17.6. The highest BCUT2D eigenvalue weighted by atomic mass is 32.1. The van der Waals surface area contributed by atoms with Gasteiger partial charge in [0.15, 0.2) is 0 Å². The van der Waals surface area contributed by atoms with E-state index in [-0.39, 0.29) is 0 Å². The zero-order valence-corrected chi connectivity index (χ0v) is 14.8. The molecule has 26 heavy (non-hydrogen) atoms. The van der Waals surface area contributed by atoms with Gasteiger partial charge in [-0.15, -0.1) is 11.3 Å². The molecule has 4 rings (SSSR count). The molecule has 4 aromatic rings. The molecule has 0 aliphatic rings. The van der Waals surface area contributed by atoms with Crippen molar-refractivity contribution in [2.45, 2.75) is 6.54 Å². The number of hydrogen-bond donors (Lipinski definition) is 1. The Bertz CT molecular complexity index is 990. The number of nitrogens with one attached hydrogen (secondary N) is 1. The summed E-state index contributed by atoms with van der Waals surface area (Å²) in [6.45, 7) is 0.794. The molecule has 0 saturated heterocycles. The van der Waals surface area contributed by atoms with E-state index in [1.165, 1.54) is 16.9 Å². The lowest BCUT2D eigenvalue weighted by Crippen LogP contribution is -1.97. The Morgan fingerprint density at radius 2 is 2.04 bits per heavy atom. The standard InChI is InChI=1S/C20H17N5S/c1-2-7-18(8-3-1)19-14-26-20(23-19)24-22-12-16-5-4-6-17(11-16)13-25-10-9-21-15-25/h1-12,14-15H,13H2,(H,23,24). The molecule has 0 aliphatic heterocycles. The Kier molecular flexibility index (Phi) is 4.84. The minimum atomic E-state index is 0.773. The molecule has 0 radical (unpaired) electrons. The van der Waals surface area contributed by atoms with Crippen LogP contribution in [0.5, 0.6) is 0 Å². The predicted molar refractivity (Wildman–Crippen MR) is 107 cm³/mol. The van der Waals surface area contributed by atoms with E-state index in [9.17, 15) is 0 Å². The average Bonchev–Trinajstić information content (AvgIpc) is 3.35. The summed E-state index contributed by atoms with van der Waals surface area (Å²) in [5.74, 6) is 0. The van der Waals surface area contributed by atoms with Crippen LogP contribution in [-0.2, 0) is 6.54 Å². The van der Waals surface area contributed by atoms with Crippen molar-refractivity contribution in [2.75, 3.05) is 5.43 Å². The highest BCUT2D eigenvalue weighted by Crippen LogP contribution is 2.24. The highest BCUT2D eigenvalue weighted by Gasteiger charge is 2.03. The van der Waals surface area contributed by atoms with Gasteiger partial charge in [-0.25, -0.2) is 9.97 Å². The van der Waals surface area contributed by atoms with Gasteiger partial charge in [-0.05, 0) is 17.2 Å². The summed E-state index contributed by atoms with van der Waals surface area (Å²) in [6.07, 6.45) is 7.36. The molecule has 0 spiro atoms. The SMILES string of the molecule is C(=NNc1nc(-c2ccccc2)cs1)c1cccc(Cn2ccnc2)c1. The van der Waals surface area contributed by atoms with Gasteiger partial charge in [0.25, 0.3) is 0 Å². The number of nitrogens with zero attached hydrogens (tertiary/aromatic N) is 4. The number of imidazole rings is 1. The first-order chi connectivity index (χ1) is 12.9. The van der Waals surface area contributed by atoms with E-state index in [2.05, 4.69) is 32.6 Å². The molecule has 2 aromatic heterocycles. The second-order valence-corrected chi connectivity index (χ2v) is 6.61. The smallest absolute Gasteiger partial charge is 0.203 e. The van der Waals surface area contributed by atoms with Gasteiger partial charge in [0.05, 0.1) is 18.2 Å². The highest BCUT2D eigenvalue weighted by molar-refractivity contribution is 7.14. The van der Waals surface area contributed by atoms with E-state index in [1.807, 2.05) is 64.9 Å². The lowest BCUT2D eigenvalue weighted by atomic mass is 10.1. The maximum Gasteiger partial charge on any atom is 0.203 e.